The molecular weight excluding hydrogens is 457 g/mol. The summed E-state index contributed by atoms with van der Waals surface area (Å²) in [6.45, 7) is 13.1. The maximum Gasteiger partial charge on any atom is 0.194 e. The molecular formula is C19H36IN5O2. The van der Waals surface area contributed by atoms with E-state index >= 15 is 0 Å². The van der Waals surface area contributed by atoms with Gasteiger partial charge in [0.15, 0.2) is 5.96 Å². The molecule has 2 heterocycles. The van der Waals surface area contributed by atoms with Crippen molar-refractivity contribution in [1.29, 1.82) is 0 Å². The number of hydrogen-bond donors (Lipinski definition) is 2. The van der Waals surface area contributed by atoms with Crippen molar-refractivity contribution in [2.45, 2.75) is 46.6 Å². The molecule has 1 aromatic rings. The summed E-state index contributed by atoms with van der Waals surface area (Å²) in [6, 6.07) is 1.92. The first-order valence-electron chi connectivity index (χ1n) is 9.92. The van der Waals surface area contributed by atoms with E-state index in [1.807, 2.05) is 6.07 Å². The first kappa shape index (κ1) is 24.2. The Morgan fingerprint density at radius 1 is 1.26 bits per heavy atom. The second-order valence-corrected chi connectivity index (χ2v) is 7.10. The number of guanidine groups is 1. The molecule has 0 amide bonds. The van der Waals surface area contributed by atoms with Crippen LogP contribution in [-0.4, -0.2) is 71.9 Å². The maximum atomic E-state index is 9.42. The highest BCUT2D eigenvalue weighted by molar-refractivity contribution is 14.0. The summed E-state index contributed by atoms with van der Waals surface area (Å²) < 4.78 is 4.92. The van der Waals surface area contributed by atoms with Crippen LogP contribution in [0.3, 0.4) is 0 Å². The Morgan fingerprint density at radius 2 is 1.96 bits per heavy atom. The molecule has 0 saturated carbocycles. The van der Waals surface area contributed by atoms with E-state index in [9.17, 15) is 5.11 Å². The van der Waals surface area contributed by atoms with Crippen LogP contribution in [0.5, 0.6) is 0 Å². The number of aliphatic hydroxyl groups excluding tert-OH is 1. The van der Waals surface area contributed by atoms with Crippen LogP contribution in [0.15, 0.2) is 21.8 Å². The van der Waals surface area contributed by atoms with E-state index in [2.05, 4.69) is 41.0 Å². The summed E-state index contributed by atoms with van der Waals surface area (Å²) in [7, 11) is 0. The number of aliphatic imine (C=N–C) groups is 1. The Hall–Kier alpha value is -0.870. The first-order valence-corrected chi connectivity index (χ1v) is 9.92. The largest absolute Gasteiger partial charge is 0.396 e. The fourth-order valence-electron chi connectivity index (χ4n) is 3.48. The number of rotatable bonds is 9. The van der Waals surface area contributed by atoms with Crippen molar-refractivity contribution < 1.29 is 9.63 Å². The van der Waals surface area contributed by atoms with E-state index in [0.29, 0.717) is 0 Å². The van der Waals surface area contributed by atoms with Gasteiger partial charge in [0.1, 0.15) is 6.26 Å². The Balaban J connectivity index is 0.00000364. The summed E-state index contributed by atoms with van der Waals surface area (Å²) in [5.41, 5.74) is 1.09. The molecule has 1 saturated heterocycles. The molecule has 8 heteroatoms. The normalized spacial score (nSPS) is 16.3. The molecule has 0 aliphatic carbocycles. The van der Waals surface area contributed by atoms with Gasteiger partial charge in [-0.05, 0) is 31.6 Å². The highest BCUT2D eigenvalue weighted by atomic mass is 127. The third kappa shape index (κ3) is 7.23. The standard InChI is InChI=1S/C19H35N5O2.HI/c1-4-19(5-2,8-13-25)16-21-18(20-6-3)24-11-9-23(10-12-24)15-17-7-14-26-22-17;/h7,14,25H,4-6,8-13,15-16H2,1-3H3,(H,20,21);1H. The van der Waals surface area contributed by atoms with E-state index in [1.54, 1.807) is 6.26 Å². The van der Waals surface area contributed by atoms with Gasteiger partial charge in [0.2, 0.25) is 0 Å². The molecule has 0 spiro atoms. The van der Waals surface area contributed by atoms with Crippen molar-refractivity contribution in [1.82, 2.24) is 20.3 Å². The molecule has 7 nitrogen and oxygen atoms in total. The number of halogens is 1. The molecule has 0 unspecified atom stereocenters. The number of nitrogens with one attached hydrogen (secondary N) is 1. The van der Waals surface area contributed by atoms with E-state index < -0.39 is 0 Å². The number of aromatic nitrogens is 1. The van der Waals surface area contributed by atoms with Crippen LogP contribution in [0.1, 0.15) is 45.7 Å². The van der Waals surface area contributed by atoms with Crippen LogP contribution >= 0.6 is 24.0 Å². The highest BCUT2D eigenvalue weighted by Gasteiger charge is 2.26. The van der Waals surface area contributed by atoms with Crippen LogP contribution < -0.4 is 5.32 Å². The van der Waals surface area contributed by atoms with Gasteiger partial charge in [0.25, 0.3) is 0 Å². The van der Waals surface area contributed by atoms with Crippen LogP contribution in [0.2, 0.25) is 0 Å². The predicted octanol–water partition coefficient (Wildman–Crippen LogP) is 2.56. The SMILES string of the molecule is CCNC(=NCC(CC)(CC)CCO)N1CCN(Cc2ccon2)CC1.I. The summed E-state index contributed by atoms with van der Waals surface area (Å²) >= 11 is 0. The average molecular weight is 493 g/mol. The monoisotopic (exact) mass is 493 g/mol. The summed E-state index contributed by atoms with van der Waals surface area (Å²) in [5, 5.41) is 16.9. The van der Waals surface area contributed by atoms with Crippen molar-refractivity contribution in [3.8, 4) is 0 Å². The van der Waals surface area contributed by atoms with Crippen LogP contribution in [-0.2, 0) is 6.54 Å². The maximum absolute atomic E-state index is 9.42. The zero-order valence-electron chi connectivity index (χ0n) is 17.0. The van der Waals surface area contributed by atoms with Gasteiger partial charge in [-0.25, -0.2) is 0 Å². The van der Waals surface area contributed by atoms with Gasteiger partial charge in [-0.1, -0.05) is 19.0 Å². The van der Waals surface area contributed by atoms with Gasteiger partial charge in [0.05, 0.1) is 5.69 Å². The minimum atomic E-state index is 0. The van der Waals surface area contributed by atoms with Gasteiger partial charge in [-0.15, -0.1) is 24.0 Å². The molecule has 2 N–H and O–H groups in total. The zero-order chi connectivity index (χ0) is 18.8. The quantitative estimate of drug-likeness (QED) is 0.313. The Kier molecular flexibility index (Phi) is 11.2. The third-order valence-corrected chi connectivity index (χ3v) is 5.59. The topological polar surface area (TPSA) is 77.1 Å². The molecule has 0 radical (unpaired) electrons. The predicted molar refractivity (Wildman–Crippen MR) is 119 cm³/mol. The number of hydrogen-bond acceptors (Lipinski definition) is 5. The van der Waals surface area contributed by atoms with E-state index in [4.69, 9.17) is 9.52 Å². The van der Waals surface area contributed by atoms with E-state index in [0.717, 1.165) is 76.7 Å². The number of piperazine rings is 1. The van der Waals surface area contributed by atoms with Gasteiger partial charge in [-0.3, -0.25) is 9.89 Å². The molecule has 156 valence electrons. The number of aliphatic hydroxyl groups is 1. The van der Waals surface area contributed by atoms with Crippen molar-refractivity contribution in [2.75, 3.05) is 45.9 Å². The molecule has 0 atom stereocenters. The fraction of sp³-hybridized carbons (Fsp3) is 0.789. The van der Waals surface area contributed by atoms with Crippen LogP contribution in [0.4, 0.5) is 0 Å². The molecule has 27 heavy (non-hydrogen) atoms. The van der Waals surface area contributed by atoms with Crippen LogP contribution in [0.25, 0.3) is 0 Å². The van der Waals surface area contributed by atoms with Crippen molar-refractivity contribution >= 4 is 29.9 Å². The molecule has 2 rings (SSSR count). The second kappa shape index (κ2) is 12.6. The summed E-state index contributed by atoms with van der Waals surface area (Å²) in [6.07, 6.45) is 4.52. The molecule has 0 aromatic carbocycles. The van der Waals surface area contributed by atoms with Crippen molar-refractivity contribution in [2.24, 2.45) is 10.4 Å². The minimum absolute atomic E-state index is 0. The van der Waals surface area contributed by atoms with Gasteiger partial charge >= 0.3 is 0 Å². The molecule has 1 fully saturated rings. The summed E-state index contributed by atoms with van der Waals surface area (Å²) in [5.74, 6) is 0.998. The van der Waals surface area contributed by atoms with E-state index in [1.165, 1.54) is 0 Å². The lowest BCUT2D eigenvalue weighted by molar-refractivity contribution is 0.164. The highest BCUT2D eigenvalue weighted by Crippen LogP contribution is 2.30. The zero-order valence-corrected chi connectivity index (χ0v) is 19.3. The molecule has 1 aliphatic rings. The molecule has 1 aliphatic heterocycles. The second-order valence-electron chi connectivity index (χ2n) is 7.10. The van der Waals surface area contributed by atoms with Gasteiger partial charge in [-0.2, -0.15) is 0 Å². The fourth-order valence-corrected chi connectivity index (χ4v) is 3.48. The lowest BCUT2D eigenvalue weighted by Crippen LogP contribution is -2.52. The lowest BCUT2D eigenvalue weighted by Gasteiger charge is -2.37. The smallest absolute Gasteiger partial charge is 0.194 e. The molecule has 1 aromatic heterocycles. The van der Waals surface area contributed by atoms with E-state index in [-0.39, 0.29) is 36.0 Å². The van der Waals surface area contributed by atoms with Crippen LogP contribution in [0, 0.1) is 5.41 Å². The summed E-state index contributed by atoms with van der Waals surface area (Å²) in [4.78, 5) is 9.69. The molecule has 0 bridgehead atoms. The number of nitrogens with zero attached hydrogens (tertiary/aromatic N) is 4. The Bertz CT molecular complexity index is 526. The first-order chi connectivity index (χ1) is 12.7. The van der Waals surface area contributed by atoms with Gasteiger partial charge < -0.3 is 19.8 Å². The van der Waals surface area contributed by atoms with Gasteiger partial charge in [0, 0.05) is 58.5 Å². The van der Waals surface area contributed by atoms with Crippen molar-refractivity contribution in [3.63, 3.8) is 0 Å². The van der Waals surface area contributed by atoms with Crippen molar-refractivity contribution in [3.05, 3.63) is 18.0 Å². The Labute approximate surface area is 180 Å². The minimum Gasteiger partial charge on any atom is -0.396 e. The average Bonchev–Trinajstić information content (AvgIpc) is 3.18. The third-order valence-electron chi connectivity index (χ3n) is 5.59. The Morgan fingerprint density at radius 3 is 2.48 bits per heavy atom. The lowest BCUT2D eigenvalue weighted by atomic mass is 9.79.